The van der Waals surface area contributed by atoms with Gasteiger partial charge in [-0.2, -0.15) is 0 Å². The van der Waals surface area contributed by atoms with E-state index >= 15 is 0 Å². The van der Waals surface area contributed by atoms with E-state index in [1.54, 1.807) is 11.8 Å². The molecule has 2 aromatic carbocycles. The fourth-order valence-corrected chi connectivity index (χ4v) is 3.86. The minimum absolute atomic E-state index is 0.0790. The SMILES string of the molecule is O=C(CCSc1ccccc1Br)NCCc1ccc2c(c1)OCO2. The van der Waals surface area contributed by atoms with Gasteiger partial charge < -0.3 is 14.8 Å². The average Bonchev–Trinajstić information content (AvgIpc) is 3.04. The van der Waals surface area contributed by atoms with Crippen LogP contribution in [0.25, 0.3) is 0 Å². The zero-order valence-corrected chi connectivity index (χ0v) is 15.5. The summed E-state index contributed by atoms with van der Waals surface area (Å²) in [6.07, 6.45) is 1.28. The topological polar surface area (TPSA) is 47.6 Å². The van der Waals surface area contributed by atoms with Gasteiger partial charge in [0.1, 0.15) is 0 Å². The van der Waals surface area contributed by atoms with Crippen LogP contribution in [-0.4, -0.2) is 25.0 Å². The molecule has 6 heteroatoms. The first-order chi connectivity index (χ1) is 11.7. The quantitative estimate of drug-likeness (QED) is 0.704. The lowest BCUT2D eigenvalue weighted by atomic mass is 10.1. The van der Waals surface area contributed by atoms with Crippen molar-refractivity contribution < 1.29 is 14.3 Å². The van der Waals surface area contributed by atoms with Crippen LogP contribution in [0.4, 0.5) is 0 Å². The zero-order chi connectivity index (χ0) is 16.8. The van der Waals surface area contributed by atoms with E-state index in [-0.39, 0.29) is 12.7 Å². The third-order valence-corrected chi connectivity index (χ3v) is 5.63. The maximum atomic E-state index is 11.9. The fourth-order valence-electron chi connectivity index (χ4n) is 2.35. The second-order valence-corrected chi connectivity index (χ2v) is 7.31. The summed E-state index contributed by atoms with van der Waals surface area (Å²) in [6.45, 7) is 0.906. The molecule has 0 aromatic heterocycles. The Morgan fingerprint density at radius 1 is 1.17 bits per heavy atom. The number of carbonyl (C=O) groups excluding carboxylic acids is 1. The van der Waals surface area contributed by atoms with Gasteiger partial charge in [-0.15, -0.1) is 11.8 Å². The lowest BCUT2D eigenvalue weighted by Gasteiger charge is -2.07. The molecular weight excluding hydrogens is 390 g/mol. The van der Waals surface area contributed by atoms with Crippen LogP contribution in [-0.2, 0) is 11.2 Å². The molecule has 0 saturated carbocycles. The molecule has 4 nitrogen and oxygen atoms in total. The summed E-state index contributed by atoms with van der Waals surface area (Å²) in [5.41, 5.74) is 1.13. The Bertz CT molecular complexity index is 723. The number of benzene rings is 2. The van der Waals surface area contributed by atoms with Gasteiger partial charge in [0.25, 0.3) is 0 Å². The van der Waals surface area contributed by atoms with Gasteiger partial charge in [0.15, 0.2) is 11.5 Å². The Balaban J connectivity index is 1.36. The molecule has 0 fully saturated rings. The molecule has 126 valence electrons. The van der Waals surface area contributed by atoms with Crippen molar-refractivity contribution in [2.24, 2.45) is 0 Å². The molecular formula is C18H18BrNO3S. The van der Waals surface area contributed by atoms with E-state index < -0.39 is 0 Å². The highest BCUT2D eigenvalue weighted by Crippen LogP contribution is 2.32. The maximum Gasteiger partial charge on any atom is 0.231 e. The number of thioether (sulfide) groups is 1. The molecule has 2 aromatic rings. The smallest absolute Gasteiger partial charge is 0.231 e. The molecule has 24 heavy (non-hydrogen) atoms. The van der Waals surface area contributed by atoms with Gasteiger partial charge in [-0.05, 0) is 52.2 Å². The molecule has 0 spiro atoms. The van der Waals surface area contributed by atoms with Gasteiger partial charge in [-0.1, -0.05) is 18.2 Å². The largest absolute Gasteiger partial charge is 0.454 e. The summed E-state index contributed by atoms with van der Waals surface area (Å²) in [4.78, 5) is 13.1. The highest BCUT2D eigenvalue weighted by molar-refractivity contribution is 9.10. The van der Waals surface area contributed by atoms with E-state index in [1.165, 1.54) is 0 Å². The number of rotatable bonds is 7. The minimum Gasteiger partial charge on any atom is -0.454 e. The Morgan fingerprint density at radius 2 is 2.00 bits per heavy atom. The van der Waals surface area contributed by atoms with E-state index in [0.29, 0.717) is 13.0 Å². The predicted molar refractivity (Wildman–Crippen MR) is 98.8 cm³/mol. The van der Waals surface area contributed by atoms with Crippen molar-refractivity contribution in [3.63, 3.8) is 0 Å². The summed E-state index contributed by atoms with van der Waals surface area (Å²) < 4.78 is 11.7. The van der Waals surface area contributed by atoms with Crippen LogP contribution in [0.15, 0.2) is 51.8 Å². The van der Waals surface area contributed by atoms with Gasteiger partial charge in [0.2, 0.25) is 12.7 Å². The number of halogens is 1. The zero-order valence-electron chi connectivity index (χ0n) is 13.1. The van der Waals surface area contributed by atoms with Crippen LogP contribution >= 0.6 is 27.7 Å². The van der Waals surface area contributed by atoms with Crippen LogP contribution in [0.5, 0.6) is 11.5 Å². The Hall–Kier alpha value is -1.66. The van der Waals surface area contributed by atoms with Crippen LogP contribution in [0, 0.1) is 0 Å². The summed E-state index contributed by atoms with van der Waals surface area (Å²) in [6, 6.07) is 13.9. The molecule has 0 radical (unpaired) electrons. The van der Waals surface area contributed by atoms with E-state index in [1.807, 2.05) is 42.5 Å². The summed E-state index contributed by atoms with van der Waals surface area (Å²) in [5.74, 6) is 2.41. The maximum absolute atomic E-state index is 11.9. The molecule has 0 atom stereocenters. The molecule has 1 aliphatic heterocycles. The number of hydrogen-bond acceptors (Lipinski definition) is 4. The van der Waals surface area contributed by atoms with E-state index in [0.717, 1.165) is 38.6 Å². The van der Waals surface area contributed by atoms with Crippen molar-refractivity contribution in [2.75, 3.05) is 19.1 Å². The highest BCUT2D eigenvalue weighted by atomic mass is 79.9. The van der Waals surface area contributed by atoms with Crippen LogP contribution < -0.4 is 14.8 Å². The number of ether oxygens (including phenoxy) is 2. The molecule has 1 aliphatic rings. The normalized spacial score (nSPS) is 12.2. The molecule has 1 N–H and O–H groups in total. The second kappa shape index (κ2) is 8.44. The first-order valence-corrected chi connectivity index (χ1v) is 9.53. The second-order valence-electron chi connectivity index (χ2n) is 5.32. The number of amides is 1. The van der Waals surface area contributed by atoms with Crippen molar-refractivity contribution in [1.29, 1.82) is 0 Å². The molecule has 0 unspecified atom stereocenters. The lowest BCUT2D eigenvalue weighted by molar-refractivity contribution is -0.120. The van der Waals surface area contributed by atoms with Crippen molar-refractivity contribution in [3.8, 4) is 11.5 Å². The molecule has 0 bridgehead atoms. The van der Waals surface area contributed by atoms with Crippen LogP contribution in [0.3, 0.4) is 0 Å². The third kappa shape index (κ3) is 4.68. The van der Waals surface area contributed by atoms with Crippen molar-refractivity contribution in [2.45, 2.75) is 17.7 Å². The van der Waals surface area contributed by atoms with Gasteiger partial charge in [0.05, 0.1) is 0 Å². The number of hydrogen-bond donors (Lipinski definition) is 1. The van der Waals surface area contributed by atoms with Crippen LogP contribution in [0.1, 0.15) is 12.0 Å². The number of fused-ring (bicyclic) bond motifs is 1. The number of nitrogens with one attached hydrogen (secondary N) is 1. The van der Waals surface area contributed by atoms with Gasteiger partial charge in [-0.25, -0.2) is 0 Å². The molecule has 1 heterocycles. The Kier molecular flexibility index (Phi) is 6.04. The predicted octanol–water partition coefficient (Wildman–Crippen LogP) is 4.02. The van der Waals surface area contributed by atoms with Gasteiger partial charge in [-0.3, -0.25) is 4.79 Å². The summed E-state index contributed by atoms with van der Waals surface area (Å²) >= 11 is 5.19. The van der Waals surface area contributed by atoms with E-state index in [9.17, 15) is 4.79 Å². The number of carbonyl (C=O) groups is 1. The third-order valence-electron chi connectivity index (χ3n) is 3.60. The highest BCUT2D eigenvalue weighted by Gasteiger charge is 2.13. The van der Waals surface area contributed by atoms with Gasteiger partial charge in [0, 0.05) is 28.1 Å². The van der Waals surface area contributed by atoms with E-state index in [4.69, 9.17) is 9.47 Å². The van der Waals surface area contributed by atoms with Crippen LogP contribution in [0.2, 0.25) is 0 Å². The van der Waals surface area contributed by atoms with Crippen molar-refractivity contribution in [1.82, 2.24) is 5.32 Å². The molecule has 0 saturated heterocycles. The van der Waals surface area contributed by atoms with Gasteiger partial charge >= 0.3 is 0 Å². The lowest BCUT2D eigenvalue weighted by Crippen LogP contribution is -2.25. The fraction of sp³-hybridized carbons (Fsp3) is 0.278. The van der Waals surface area contributed by atoms with E-state index in [2.05, 4.69) is 21.2 Å². The first-order valence-electron chi connectivity index (χ1n) is 7.75. The minimum atomic E-state index is 0.0790. The van der Waals surface area contributed by atoms with Crippen molar-refractivity contribution in [3.05, 3.63) is 52.5 Å². The molecule has 1 amide bonds. The molecule has 3 rings (SSSR count). The van der Waals surface area contributed by atoms with Crippen molar-refractivity contribution >= 4 is 33.6 Å². The molecule has 0 aliphatic carbocycles. The Morgan fingerprint density at radius 3 is 2.88 bits per heavy atom. The monoisotopic (exact) mass is 407 g/mol. The summed E-state index contributed by atoms with van der Waals surface area (Å²) in [7, 11) is 0. The Labute approximate surface area is 154 Å². The standard InChI is InChI=1S/C18H18BrNO3S/c19-14-3-1-2-4-17(14)24-10-8-18(21)20-9-7-13-5-6-15-16(11-13)23-12-22-15/h1-6,11H,7-10,12H2,(H,20,21). The summed E-state index contributed by atoms with van der Waals surface area (Å²) in [5, 5.41) is 2.96. The first kappa shape index (κ1) is 17.2. The average molecular weight is 408 g/mol.